The molecule has 3 N–H and O–H groups in total. The van der Waals surface area contributed by atoms with Crippen LogP contribution in [0.4, 0.5) is 10.1 Å². The van der Waals surface area contributed by atoms with E-state index in [9.17, 15) is 14.3 Å². The van der Waals surface area contributed by atoms with E-state index in [0.717, 1.165) is 0 Å². The van der Waals surface area contributed by atoms with Crippen LogP contribution < -0.4 is 10.6 Å². The van der Waals surface area contributed by atoms with E-state index >= 15 is 0 Å². The monoisotopic (exact) mass is 485 g/mol. The van der Waals surface area contributed by atoms with Gasteiger partial charge in [0.2, 0.25) is 5.89 Å². The molecule has 3 aromatic carbocycles. The number of carbonyl (C=O) groups is 1. The number of nitrogens with one attached hydrogen (secondary N) is 2. The van der Waals surface area contributed by atoms with Crippen LogP contribution in [0.1, 0.15) is 10.4 Å². The maximum absolute atomic E-state index is 13.0. The van der Waals surface area contributed by atoms with Crippen molar-refractivity contribution < 1.29 is 18.7 Å². The van der Waals surface area contributed by atoms with Gasteiger partial charge in [0, 0.05) is 16.8 Å². The van der Waals surface area contributed by atoms with Crippen LogP contribution in [0.15, 0.2) is 69.6 Å². The third-order valence-electron chi connectivity index (χ3n) is 4.17. The fourth-order valence-electron chi connectivity index (χ4n) is 2.71. The summed E-state index contributed by atoms with van der Waals surface area (Å²) in [6.07, 6.45) is 0. The van der Waals surface area contributed by atoms with Crippen molar-refractivity contribution in [3.8, 4) is 17.2 Å². The molecule has 0 saturated carbocycles. The number of oxazole rings is 1. The number of amides is 1. The molecular formula is C21H13BrFN3O3S. The maximum atomic E-state index is 13.0. The number of benzene rings is 3. The summed E-state index contributed by atoms with van der Waals surface area (Å²) in [4.78, 5) is 16.6. The van der Waals surface area contributed by atoms with E-state index in [0.29, 0.717) is 32.7 Å². The van der Waals surface area contributed by atoms with Gasteiger partial charge in [0.1, 0.15) is 17.1 Å². The molecule has 6 nitrogen and oxygen atoms in total. The van der Waals surface area contributed by atoms with Gasteiger partial charge in [-0.3, -0.25) is 10.1 Å². The number of carbonyl (C=O) groups excluding carboxylic acids is 1. The van der Waals surface area contributed by atoms with Crippen LogP contribution >= 0.6 is 28.1 Å². The number of hydrogen-bond donors (Lipinski definition) is 3. The van der Waals surface area contributed by atoms with Gasteiger partial charge in [-0.05, 0) is 88.8 Å². The molecule has 0 aliphatic carbocycles. The van der Waals surface area contributed by atoms with E-state index in [1.165, 1.54) is 24.3 Å². The lowest BCUT2D eigenvalue weighted by Gasteiger charge is -2.09. The molecule has 0 saturated heterocycles. The molecule has 4 rings (SSSR count). The average molecular weight is 486 g/mol. The number of thiocarbonyl (C=S) groups is 1. The van der Waals surface area contributed by atoms with Crippen molar-refractivity contribution in [1.82, 2.24) is 10.3 Å². The van der Waals surface area contributed by atoms with Crippen molar-refractivity contribution in [3.63, 3.8) is 0 Å². The number of hydrogen-bond acceptors (Lipinski definition) is 5. The molecule has 1 heterocycles. The highest BCUT2D eigenvalue weighted by Crippen LogP contribution is 2.31. The summed E-state index contributed by atoms with van der Waals surface area (Å²) in [6.45, 7) is 0. The van der Waals surface area contributed by atoms with Crippen LogP contribution in [0.3, 0.4) is 0 Å². The smallest absolute Gasteiger partial charge is 0.257 e. The molecule has 4 aromatic rings. The van der Waals surface area contributed by atoms with Crippen molar-refractivity contribution in [1.29, 1.82) is 0 Å². The number of halogens is 2. The molecule has 0 radical (unpaired) electrons. The first kappa shape index (κ1) is 20.0. The fraction of sp³-hybridized carbons (Fsp3) is 0. The lowest BCUT2D eigenvalue weighted by atomic mass is 10.2. The number of anilines is 1. The molecule has 0 spiro atoms. The molecular weight excluding hydrogens is 473 g/mol. The predicted octanol–water partition coefficient (Wildman–Crippen LogP) is 5.23. The van der Waals surface area contributed by atoms with E-state index < -0.39 is 11.7 Å². The van der Waals surface area contributed by atoms with E-state index in [4.69, 9.17) is 16.6 Å². The topological polar surface area (TPSA) is 87.4 Å². The highest BCUT2D eigenvalue weighted by Gasteiger charge is 2.12. The number of nitrogens with zero attached hydrogens (tertiary/aromatic N) is 1. The molecule has 0 fully saturated rings. The lowest BCUT2D eigenvalue weighted by Crippen LogP contribution is -2.34. The number of aromatic nitrogens is 1. The number of rotatable bonds is 3. The highest BCUT2D eigenvalue weighted by atomic mass is 79.9. The fourth-order valence-corrected chi connectivity index (χ4v) is 3.30. The van der Waals surface area contributed by atoms with Gasteiger partial charge in [0.15, 0.2) is 10.7 Å². The summed E-state index contributed by atoms with van der Waals surface area (Å²) >= 11 is 8.45. The first-order valence-corrected chi connectivity index (χ1v) is 9.86. The largest absolute Gasteiger partial charge is 0.507 e. The van der Waals surface area contributed by atoms with Crippen LogP contribution in [0, 0.1) is 5.82 Å². The Bertz CT molecular complexity index is 1270. The van der Waals surface area contributed by atoms with Gasteiger partial charge in [0.05, 0.1) is 4.47 Å². The summed E-state index contributed by atoms with van der Waals surface area (Å²) in [7, 11) is 0. The third-order valence-corrected chi connectivity index (χ3v) is 5.01. The van der Waals surface area contributed by atoms with Gasteiger partial charge < -0.3 is 14.8 Å². The minimum absolute atomic E-state index is 0.0925. The number of phenols is 1. The van der Waals surface area contributed by atoms with E-state index in [-0.39, 0.29) is 16.4 Å². The second-order valence-corrected chi connectivity index (χ2v) is 7.55. The molecule has 9 heteroatoms. The van der Waals surface area contributed by atoms with Crippen LogP contribution in [0.5, 0.6) is 5.75 Å². The van der Waals surface area contributed by atoms with Crippen LogP contribution in [0.25, 0.3) is 22.6 Å². The Morgan fingerprint density at radius 1 is 1.10 bits per heavy atom. The molecule has 0 atom stereocenters. The highest BCUT2D eigenvalue weighted by molar-refractivity contribution is 9.10. The van der Waals surface area contributed by atoms with Crippen molar-refractivity contribution in [3.05, 3.63) is 76.5 Å². The molecule has 0 aliphatic heterocycles. The molecule has 0 bridgehead atoms. The lowest BCUT2D eigenvalue weighted by molar-refractivity contribution is 0.0977. The minimum atomic E-state index is -0.449. The van der Waals surface area contributed by atoms with E-state index in [1.54, 1.807) is 36.4 Å². The van der Waals surface area contributed by atoms with Crippen molar-refractivity contribution in [2.24, 2.45) is 0 Å². The summed E-state index contributed by atoms with van der Waals surface area (Å²) in [5, 5.41) is 15.2. The predicted molar refractivity (Wildman–Crippen MR) is 119 cm³/mol. The third kappa shape index (κ3) is 4.32. The first-order chi connectivity index (χ1) is 14.4. The van der Waals surface area contributed by atoms with E-state index in [1.807, 2.05) is 0 Å². The Kier molecular flexibility index (Phi) is 5.47. The van der Waals surface area contributed by atoms with Crippen LogP contribution in [0.2, 0.25) is 0 Å². The van der Waals surface area contributed by atoms with Crippen LogP contribution in [-0.2, 0) is 0 Å². The normalized spacial score (nSPS) is 10.7. The summed E-state index contributed by atoms with van der Waals surface area (Å²) in [5.41, 5.74) is 2.76. The number of fused-ring (bicyclic) bond motifs is 1. The number of aromatic hydroxyl groups is 1. The summed E-state index contributed by atoms with van der Waals surface area (Å²) in [6, 6.07) is 15.3. The zero-order valence-electron chi connectivity index (χ0n) is 15.1. The van der Waals surface area contributed by atoms with Gasteiger partial charge in [-0.25, -0.2) is 9.37 Å². The van der Waals surface area contributed by atoms with Crippen molar-refractivity contribution in [2.45, 2.75) is 0 Å². The molecule has 0 aliphatic rings. The van der Waals surface area contributed by atoms with E-state index in [2.05, 4.69) is 31.5 Å². The first-order valence-electron chi connectivity index (χ1n) is 8.66. The molecule has 150 valence electrons. The SMILES string of the molecule is O=C(NC(=S)Nc1ccc2oc(-c3ccc(O)c(Br)c3)nc2c1)c1ccc(F)cc1. The Balaban J connectivity index is 1.49. The number of phenolic OH excluding ortho intramolecular Hbond substituents is 1. The molecule has 30 heavy (non-hydrogen) atoms. The Morgan fingerprint density at radius 2 is 1.87 bits per heavy atom. The van der Waals surface area contributed by atoms with Gasteiger partial charge in [-0.2, -0.15) is 0 Å². The van der Waals surface area contributed by atoms with Gasteiger partial charge in [-0.15, -0.1) is 0 Å². The molecule has 1 amide bonds. The quantitative estimate of drug-likeness (QED) is 0.344. The Labute approximate surface area is 183 Å². The average Bonchev–Trinajstić information content (AvgIpc) is 3.13. The van der Waals surface area contributed by atoms with Gasteiger partial charge >= 0.3 is 0 Å². The molecule has 0 unspecified atom stereocenters. The Hall–Kier alpha value is -3.30. The maximum Gasteiger partial charge on any atom is 0.257 e. The van der Waals surface area contributed by atoms with Gasteiger partial charge in [-0.1, -0.05) is 0 Å². The standard InChI is InChI=1S/C21H13BrFN3O3S/c22-15-9-12(3-7-17(15)27)20-25-16-10-14(6-8-18(16)29-20)24-21(30)26-19(28)11-1-4-13(23)5-2-11/h1-10,27H,(H2,24,26,28,30). The second-order valence-electron chi connectivity index (χ2n) is 6.28. The van der Waals surface area contributed by atoms with Gasteiger partial charge in [0.25, 0.3) is 5.91 Å². The minimum Gasteiger partial charge on any atom is -0.507 e. The molecule has 1 aromatic heterocycles. The zero-order chi connectivity index (χ0) is 21.3. The second kappa shape index (κ2) is 8.21. The summed E-state index contributed by atoms with van der Waals surface area (Å²) < 4.78 is 19.3. The Morgan fingerprint density at radius 3 is 2.60 bits per heavy atom. The van der Waals surface area contributed by atoms with Crippen molar-refractivity contribution in [2.75, 3.05) is 5.32 Å². The van der Waals surface area contributed by atoms with Crippen molar-refractivity contribution >= 4 is 56.0 Å². The zero-order valence-corrected chi connectivity index (χ0v) is 17.6. The summed E-state index contributed by atoms with van der Waals surface area (Å²) in [5.74, 6) is -0.352. The van der Waals surface area contributed by atoms with Crippen LogP contribution in [-0.4, -0.2) is 21.1 Å².